The lowest BCUT2D eigenvalue weighted by atomic mass is 9.90. The number of anilines is 1. The summed E-state index contributed by atoms with van der Waals surface area (Å²) in [6, 6.07) is 0.223. The molecule has 2 unspecified atom stereocenters. The minimum absolute atomic E-state index is 0.0558. The van der Waals surface area contributed by atoms with E-state index < -0.39 is 0 Å². The molecule has 2 N–H and O–H groups in total. The van der Waals surface area contributed by atoms with Crippen LogP contribution < -0.4 is 16.2 Å². The fourth-order valence-electron chi connectivity index (χ4n) is 3.11. The van der Waals surface area contributed by atoms with Crippen LogP contribution in [-0.2, 0) is 6.54 Å². The summed E-state index contributed by atoms with van der Waals surface area (Å²) in [6.45, 7) is 4.46. The van der Waals surface area contributed by atoms with Gasteiger partial charge in [0.15, 0.2) is 0 Å². The average molecular weight is 311 g/mol. The fraction of sp³-hybridized carbons (Fsp3) is 0.733. The largest absolute Gasteiger partial charge is 0.365 e. The molecule has 0 bridgehead atoms. The highest BCUT2D eigenvalue weighted by Gasteiger charge is 2.29. The van der Waals surface area contributed by atoms with Gasteiger partial charge in [0.25, 0.3) is 5.56 Å². The molecule has 6 heteroatoms. The molecule has 0 aromatic carbocycles. The Morgan fingerprint density at radius 2 is 2.19 bits per heavy atom. The van der Waals surface area contributed by atoms with Gasteiger partial charge in [0.1, 0.15) is 5.69 Å². The Morgan fingerprint density at radius 1 is 1.43 bits per heavy atom. The van der Waals surface area contributed by atoms with E-state index in [1.807, 2.05) is 0 Å². The summed E-state index contributed by atoms with van der Waals surface area (Å²) in [5, 5.41) is 4.64. The first kappa shape index (κ1) is 14.9. The molecule has 0 radical (unpaired) electrons. The lowest BCUT2D eigenvalue weighted by Gasteiger charge is -2.37. The zero-order valence-corrected chi connectivity index (χ0v) is 13.2. The lowest BCUT2D eigenvalue weighted by molar-refractivity contribution is 0.347. The van der Waals surface area contributed by atoms with Crippen LogP contribution in [-0.4, -0.2) is 28.9 Å². The molecule has 0 amide bonds. The average Bonchev–Trinajstić information content (AvgIpc) is 3.28. The number of hydrogen-bond acceptors (Lipinski definition) is 4. The van der Waals surface area contributed by atoms with E-state index in [0.717, 1.165) is 25.9 Å². The van der Waals surface area contributed by atoms with E-state index in [4.69, 9.17) is 17.3 Å². The number of rotatable bonds is 4. The van der Waals surface area contributed by atoms with Gasteiger partial charge in [0, 0.05) is 25.7 Å². The molecule has 2 fully saturated rings. The van der Waals surface area contributed by atoms with Crippen LogP contribution in [0.5, 0.6) is 0 Å². The van der Waals surface area contributed by atoms with Gasteiger partial charge in [-0.2, -0.15) is 5.10 Å². The van der Waals surface area contributed by atoms with Crippen LogP contribution >= 0.6 is 11.6 Å². The van der Waals surface area contributed by atoms with Crippen molar-refractivity contribution >= 4 is 17.3 Å². The van der Waals surface area contributed by atoms with Gasteiger partial charge in [0.05, 0.1) is 11.2 Å². The number of piperidine rings is 1. The minimum atomic E-state index is -0.0558. The maximum Gasteiger partial charge on any atom is 0.291 e. The molecule has 1 aliphatic carbocycles. The highest BCUT2D eigenvalue weighted by molar-refractivity contribution is 6.33. The molecule has 2 atom stereocenters. The first-order chi connectivity index (χ1) is 10.1. The van der Waals surface area contributed by atoms with Crippen LogP contribution in [0.1, 0.15) is 32.6 Å². The van der Waals surface area contributed by atoms with Gasteiger partial charge in [0.2, 0.25) is 0 Å². The van der Waals surface area contributed by atoms with Gasteiger partial charge in [-0.25, -0.2) is 4.68 Å². The molecular formula is C15H23ClN4O. The second-order valence-electron chi connectivity index (χ2n) is 6.34. The summed E-state index contributed by atoms with van der Waals surface area (Å²) < 4.78 is 1.58. The number of aromatic nitrogens is 2. The van der Waals surface area contributed by atoms with Crippen LogP contribution in [0.25, 0.3) is 0 Å². The maximum atomic E-state index is 12.7. The van der Waals surface area contributed by atoms with Crippen molar-refractivity contribution in [3.8, 4) is 0 Å². The molecule has 1 aliphatic heterocycles. The van der Waals surface area contributed by atoms with E-state index in [9.17, 15) is 4.79 Å². The van der Waals surface area contributed by atoms with Crippen molar-refractivity contribution in [3.63, 3.8) is 0 Å². The van der Waals surface area contributed by atoms with E-state index in [-0.39, 0.29) is 11.6 Å². The normalized spacial score (nSPS) is 26.1. The fourth-order valence-corrected chi connectivity index (χ4v) is 3.35. The molecule has 2 heterocycles. The highest BCUT2D eigenvalue weighted by Crippen LogP contribution is 2.31. The number of nitrogens with two attached hydrogens (primary N) is 1. The summed E-state index contributed by atoms with van der Waals surface area (Å²) in [5.41, 5.74) is 6.71. The standard InChI is InChI=1S/C15H23ClN4O/c1-2-11-9-19(6-5-13(11)17)14-12(16)7-18-20(15(14)21)8-10-3-4-10/h7,10-11,13H,2-6,8-9,17H2,1H3. The quantitative estimate of drug-likeness (QED) is 0.922. The highest BCUT2D eigenvalue weighted by atomic mass is 35.5. The van der Waals surface area contributed by atoms with E-state index in [0.29, 0.717) is 29.1 Å². The second kappa shape index (κ2) is 5.97. The summed E-state index contributed by atoms with van der Waals surface area (Å²) in [4.78, 5) is 14.8. The smallest absolute Gasteiger partial charge is 0.291 e. The Morgan fingerprint density at radius 3 is 2.86 bits per heavy atom. The molecule has 21 heavy (non-hydrogen) atoms. The van der Waals surface area contributed by atoms with Crippen molar-refractivity contribution < 1.29 is 0 Å². The van der Waals surface area contributed by atoms with Crippen LogP contribution in [0.15, 0.2) is 11.0 Å². The Balaban J connectivity index is 1.88. The molecule has 3 rings (SSSR count). The zero-order valence-electron chi connectivity index (χ0n) is 12.5. The Hall–Kier alpha value is -1.07. The molecule has 1 saturated carbocycles. The van der Waals surface area contributed by atoms with Gasteiger partial charge in [-0.1, -0.05) is 24.9 Å². The summed E-state index contributed by atoms with van der Waals surface area (Å²) in [5.74, 6) is 1.03. The molecular weight excluding hydrogens is 288 g/mol. The second-order valence-corrected chi connectivity index (χ2v) is 6.75. The summed E-state index contributed by atoms with van der Waals surface area (Å²) in [6.07, 6.45) is 5.93. The summed E-state index contributed by atoms with van der Waals surface area (Å²) >= 11 is 6.27. The monoisotopic (exact) mass is 310 g/mol. The third-order valence-corrected chi connectivity index (χ3v) is 5.01. The van der Waals surface area contributed by atoms with Crippen LogP contribution in [0.4, 0.5) is 5.69 Å². The van der Waals surface area contributed by atoms with Crippen molar-refractivity contribution in [3.05, 3.63) is 21.6 Å². The number of nitrogens with zero attached hydrogens (tertiary/aromatic N) is 3. The molecule has 5 nitrogen and oxygen atoms in total. The Labute approximate surface area is 130 Å². The van der Waals surface area contributed by atoms with Crippen molar-refractivity contribution in [2.75, 3.05) is 18.0 Å². The van der Waals surface area contributed by atoms with Gasteiger partial charge < -0.3 is 10.6 Å². The van der Waals surface area contributed by atoms with E-state index in [1.165, 1.54) is 12.8 Å². The summed E-state index contributed by atoms with van der Waals surface area (Å²) in [7, 11) is 0. The predicted molar refractivity (Wildman–Crippen MR) is 84.8 cm³/mol. The molecule has 1 aromatic rings. The predicted octanol–water partition coefficient (Wildman–Crippen LogP) is 1.87. The lowest BCUT2D eigenvalue weighted by Crippen LogP contribution is -2.49. The van der Waals surface area contributed by atoms with Crippen LogP contribution in [0, 0.1) is 11.8 Å². The molecule has 1 aromatic heterocycles. The van der Waals surface area contributed by atoms with Crippen molar-refractivity contribution in [2.45, 2.75) is 45.2 Å². The van der Waals surface area contributed by atoms with Gasteiger partial charge in [-0.3, -0.25) is 4.79 Å². The molecule has 1 saturated heterocycles. The molecule has 116 valence electrons. The van der Waals surface area contributed by atoms with Gasteiger partial charge >= 0.3 is 0 Å². The van der Waals surface area contributed by atoms with E-state index in [2.05, 4.69) is 16.9 Å². The van der Waals surface area contributed by atoms with Crippen molar-refractivity contribution in [1.29, 1.82) is 0 Å². The first-order valence-electron chi connectivity index (χ1n) is 7.86. The number of hydrogen-bond donors (Lipinski definition) is 1. The van der Waals surface area contributed by atoms with Crippen molar-refractivity contribution in [1.82, 2.24) is 9.78 Å². The maximum absolute atomic E-state index is 12.7. The van der Waals surface area contributed by atoms with Gasteiger partial charge in [-0.05, 0) is 31.1 Å². The first-order valence-corrected chi connectivity index (χ1v) is 8.24. The minimum Gasteiger partial charge on any atom is -0.365 e. The Bertz CT molecular complexity index is 569. The SMILES string of the molecule is CCC1CN(c2c(Cl)cnn(CC3CC3)c2=O)CCC1N. The molecule has 0 spiro atoms. The van der Waals surface area contributed by atoms with Crippen molar-refractivity contribution in [2.24, 2.45) is 17.6 Å². The topological polar surface area (TPSA) is 64.2 Å². The van der Waals surface area contributed by atoms with Crippen LogP contribution in [0.2, 0.25) is 5.02 Å². The zero-order chi connectivity index (χ0) is 15.0. The van der Waals surface area contributed by atoms with Crippen LogP contribution in [0.3, 0.4) is 0 Å². The number of halogens is 1. The van der Waals surface area contributed by atoms with Gasteiger partial charge in [-0.15, -0.1) is 0 Å². The third-order valence-electron chi connectivity index (χ3n) is 4.74. The van der Waals surface area contributed by atoms with E-state index >= 15 is 0 Å². The van der Waals surface area contributed by atoms with E-state index in [1.54, 1.807) is 10.9 Å². The molecule has 2 aliphatic rings. The Kier molecular flexibility index (Phi) is 4.22. The third kappa shape index (κ3) is 3.09.